The average molecular weight is 362 g/mol. The normalized spacial score (nSPS) is 10.9. The van der Waals surface area contributed by atoms with Gasteiger partial charge in [0.2, 0.25) is 5.69 Å². The van der Waals surface area contributed by atoms with Crippen molar-refractivity contribution in [3.8, 4) is 22.3 Å². The molecule has 0 amide bonds. The summed E-state index contributed by atoms with van der Waals surface area (Å²) in [5, 5.41) is 2.63. The van der Waals surface area contributed by atoms with Gasteiger partial charge in [-0.05, 0) is 46.5 Å². The third kappa shape index (κ3) is 2.77. The molecule has 0 aliphatic heterocycles. The van der Waals surface area contributed by atoms with E-state index in [2.05, 4.69) is 76.6 Å². The lowest BCUT2D eigenvalue weighted by Gasteiger charge is -2.07. The molecule has 3 aromatic carbocycles. The Balaban J connectivity index is 1.62. The Bertz CT molecular complexity index is 1340. The summed E-state index contributed by atoms with van der Waals surface area (Å²) in [4.78, 5) is 7.67. The Kier molecular flexibility index (Phi) is 3.71. The molecular weight excluding hydrogens is 348 g/mol. The summed E-state index contributed by atoms with van der Waals surface area (Å²) >= 11 is 1.83. The first-order valence-electron chi connectivity index (χ1n) is 8.66. The topological polar surface area (TPSA) is 17.2 Å². The smallest absolute Gasteiger partial charge is 0.205 e. The van der Waals surface area contributed by atoms with Crippen LogP contribution in [0.5, 0.6) is 0 Å². The molecule has 0 N–H and O–H groups in total. The first kappa shape index (κ1) is 15.7. The lowest BCUT2D eigenvalue weighted by atomic mass is 9.99. The van der Waals surface area contributed by atoms with Crippen LogP contribution in [0.1, 0.15) is 0 Å². The third-order valence-electron chi connectivity index (χ3n) is 4.76. The number of hydrogen-bond donors (Lipinski definition) is 0. The highest BCUT2D eigenvalue weighted by molar-refractivity contribution is 7.25. The largest absolute Gasteiger partial charge is 0.276 e. The molecule has 0 bridgehead atoms. The van der Waals surface area contributed by atoms with Crippen LogP contribution in [-0.4, -0.2) is 4.98 Å². The second kappa shape index (κ2) is 6.35. The monoisotopic (exact) mass is 362 g/mol. The third-order valence-corrected chi connectivity index (χ3v) is 5.89. The highest BCUT2D eigenvalue weighted by atomic mass is 32.1. The van der Waals surface area contributed by atoms with Gasteiger partial charge in [-0.15, -0.1) is 11.3 Å². The van der Waals surface area contributed by atoms with E-state index in [1.165, 1.54) is 31.3 Å². The zero-order valence-electron chi connectivity index (χ0n) is 14.4. The Morgan fingerprint density at radius 1 is 0.667 bits per heavy atom. The molecule has 0 saturated heterocycles. The van der Waals surface area contributed by atoms with Gasteiger partial charge in [0.1, 0.15) is 0 Å². The Hall–Kier alpha value is -3.48. The molecule has 0 atom stereocenters. The SMILES string of the molecule is [C-]#[N+]c1cncc(-c2cccc(-c3ccc4c(c3)sc3ccccc34)c2)c1. The van der Waals surface area contributed by atoms with Crippen LogP contribution in [0.4, 0.5) is 5.69 Å². The van der Waals surface area contributed by atoms with E-state index in [0.29, 0.717) is 5.69 Å². The molecule has 0 saturated carbocycles. The van der Waals surface area contributed by atoms with E-state index in [0.717, 1.165) is 11.1 Å². The van der Waals surface area contributed by atoms with E-state index >= 15 is 0 Å². The Labute approximate surface area is 161 Å². The standard InChI is InChI=1S/C24H14N2S/c1-25-20-12-19(14-26-15-20)17-6-4-5-16(11-17)18-9-10-22-21-7-2-3-8-23(21)27-24(22)13-18/h2-15H. The lowest BCUT2D eigenvalue weighted by molar-refractivity contribution is 1.34. The van der Waals surface area contributed by atoms with Crippen molar-refractivity contribution in [1.29, 1.82) is 0 Å². The molecule has 0 radical (unpaired) electrons. The van der Waals surface area contributed by atoms with Crippen molar-refractivity contribution < 1.29 is 0 Å². The quantitative estimate of drug-likeness (QED) is 0.300. The van der Waals surface area contributed by atoms with Crippen LogP contribution < -0.4 is 0 Å². The van der Waals surface area contributed by atoms with Crippen LogP contribution in [0.3, 0.4) is 0 Å². The number of thiophene rings is 1. The summed E-state index contributed by atoms with van der Waals surface area (Å²) in [5.41, 5.74) is 4.96. The van der Waals surface area contributed by atoms with Gasteiger partial charge >= 0.3 is 0 Å². The van der Waals surface area contributed by atoms with Crippen LogP contribution in [0.25, 0.3) is 47.3 Å². The Morgan fingerprint density at radius 2 is 1.44 bits per heavy atom. The van der Waals surface area contributed by atoms with Gasteiger partial charge in [0, 0.05) is 32.6 Å². The molecule has 2 nitrogen and oxygen atoms in total. The molecule has 126 valence electrons. The predicted octanol–water partition coefficient (Wildman–Crippen LogP) is 7.33. The maximum atomic E-state index is 7.19. The highest BCUT2D eigenvalue weighted by Crippen LogP contribution is 2.36. The minimum absolute atomic E-state index is 0.560. The van der Waals surface area contributed by atoms with Crippen molar-refractivity contribution in [1.82, 2.24) is 4.98 Å². The van der Waals surface area contributed by atoms with Gasteiger partial charge in [-0.25, -0.2) is 4.85 Å². The summed E-state index contributed by atoms with van der Waals surface area (Å²) in [6.07, 6.45) is 3.40. The molecule has 0 unspecified atom stereocenters. The Morgan fingerprint density at radius 3 is 2.33 bits per heavy atom. The number of hydrogen-bond acceptors (Lipinski definition) is 2. The van der Waals surface area contributed by atoms with Gasteiger partial charge in [-0.1, -0.05) is 48.5 Å². The minimum Gasteiger partial charge on any atom is -0.276 e. The molecule has 2 aromatic heterocycles. The summed E-state index contributed by atoms with van der Waals surface area (Å²) in [6.45, 7) is 7.19. The second-order valence-electron chi connectivity index (χ2n) is 6.43. The molecule has 0 spiro atoms. The maximum absolute atomic E-state index is 7.19. The molecule has 2 heterocycles. The van der Waals surface area contributed by atoms with Crippen molar-refractivity contribution in [2.24, 2.45) is 0 Å². The fourth-order valence-corrected chi connectivity index (χ4v) is 4.58. The first-order chi connectivity index (χ1) is 13.3. The average Bonchev–Trinajstić information content (AvgIpc) is 3.11. The predicted molar refractivity (Wildman–Crippen MR) is 114 cm³/mol. The molecular formula is C24H14N2S. The summed E-state index contributed by atoms with van der Waals surface area (Å²) < 4.78 is 2.62. The van der Waals surface area contributed by atoms with Crippen molar-refractivity contribution in [2.45, 2.75) is 0 Å². The number of pyridine rings is 1. The molecule has 5 aromatic rings. The van der Waals surface area contributed by atoms with Crippen LogP contribution in [-0.2, 0) is 0 Å². The van der Waals surface area contributed by atoms with Crippen molar-refractivity contribution in [3.63, 3.8) is 0 Å². The fraction of sp³-hybridized carbons (Fsp3) is 0. The summed E-state index contributed by atoms with van der Waals surface area (Å²) in [5.74, 6) is 0. The van der Waals surface area contributed by atoms with Gasteiger partial charge in [0.05, 0.1) is 6.57 Å². The van der Waals surface area contributed by atoms with Crippen LogP contribution in [0.2, 0.25) is 0 Å². The number of aromatic nitrogens is 1. The molecule has 0 fully saturated rings. The maximum Gasteiger partial charge on any atom is 0.205 e. The van der Waals surface area contributed by atoms with E-state index in [9.17, 15) is 0 Å². The van der Waals surface area contributed by atoms with Crippen molar-refractivity contribution in [2.75, 3.05) is 0 Å². The zero-order chi connectivity index (χ0) is 18.2. The van der Waals surface area contributed by atoms with Gasteiger partial charge in [0.25, 0.3) is 0 Å². The van der Waals surface area contributed by atoms with Crippen LogP contribution in [0, 0.1) is 6.57 Å². The van der Waals surface area contributed by atoms with Gasteiger partial charge in [0.15, 0.2) is 0 Å². The zero-order valence-corrected chi connectivity index (χ0v) is 15.2. The van der Waals surface area contributed by atoms with Gasteiger partial charge < -0.3 is 0 Å². The summed E-state index contributed by atoms with van der Waals surface area (Å²) in [6, 6.07) is 25.5. The second-order valence-corrected chi connectivity index (χ2v) is 7.52. The molecule has 0 aliphatic carbocycles. The van der Waals surface area contributed by atoms with E-state index in [-0.39, 0.29) is 0 Å². The van der Waals surface area contributed by atoms with Gasteiger partial charge in [-0.3, -0.25) is 4.98 Å². The molecule has 5 rings (SSSR count). The van der Waals surface area contributed by atoms with Crippen LogP contribution >= 0.6 is 11.3 Å². The summed E-state index contributed by atoms with van der Waals surface area (Å²) in [7, 11) is 0. The minimum atomic E-state index is 0.560. The van der Waals surface area contributed by atoms with E-state index < -0.39 is 0 Å². The number of fused-ring (bicyclic) bond motifs is 3. The van der Waals surface area contributed by atoms with E-state index in [1.807, 2.05) is 23.6 Å². The molecule has 0 aliphatic rings. The molecule has 27 heavy (non-hydrogen) atoms. The number of rotatable bonds is 2. The first-order valence-corrected chi connectivity index (χ1v) is 9.48. The molecule has 3 heteroatoms. The van der Waals surface area contributed by atoms with Gasteiger partial charge in [-0.2, -0.15) is 0 Å². The van der Waals surface area contributed by atoms with Crippen molar-refractivity contribution >= 4 is 37.2 Å². The van der Waals surface area contributed by atoms with E-state index in [4.69, 9.17) is 6.57 Å². The number of nitrogens with zero attached hydrogens (tertiary/aromatic N) is 2. The fourth-order valence-electron chi connectivity index (χ4n) is 3.43. The van der Waals surface area contributed by atoms with E-state index in [1.54, 1.807) is 6.20 Å². The van der Waals surface area contributed by atoms with Crippen molar-refractivity contribution in [3.05, 3.63) is 96.6 Å². The lowest BCUT2D eigenvalue weighted by Crippen LogP contribution is -1.82. The number of benzene rings is 3. The highest BCUT2D eigenvalue weighted by Gasteiger charge is 2.07. The van der Waals surface area contributed by atoms with Crippen LogP contribution in [0.15, 0.2) is 85.2 Å².